The molecule has 1 aromatic carbocycles. The van der Waals surface area contributed by atoms with E-state index in [-0.39, 0.29) is 18.1 Å². The van der Waals surface area contributed by atoms with Crippen molar-refractivity contribution in [3.63, 3.8) is 0 Å². The number of fused-ring (bicyclic) bond motifs is 1. The van der Waals surface area contributed by atoms with Gasteiger partial charge in [0.05, 0.1) is 24.4 Å². The number of esters is 1. The lowest BCUT2D eigenvalue weighted by Crippen LogP contribution is -2.44. The van der Waals surface area contributed by atoms with Gasteiger partial charge in [0.2, 0.25) is 0 Å². The average Bonchev–Trinajstić information content (AvgIpc) is 2.36. The molecular weight excluding hydrogens is 220 g/mol. The van der Waals surface area contributed by atoms with E-state index in [9.17, 15) is 4.79 Å². The van der Waals surface area contributed by atoms with Gasteiger partial charge in [-0.15, -0.1) is 0 Å². The number of methoxy groups -OCH3 is 1. The maximum atomic E-state index is 11.4. The highest BCUT2D eigenvalue weighted by atomic mass is 16.5. The van der Waals surface area contributed by atoms with Crippen LogP contribution in [-0.2, 0) is 4.74 Å². The second-order valence-electron chi connectivity index (χ2n) is 4.03. The Labute approximate surface area is 99.9 Å². The third-order valence-electron chi connectivity index (χ3n) is 2.85. The molecule has 0 aliphatic carbocycles. The monoisotopic (exact) mass is 236 g/mol. The second kappa shape index (κ2) is 4.63. The summed E-state index contributed by atoms with van der Waals surface area (Å²) < 4.78 is 10.4. The minimum atomic E-state index is -0.358. The molecule has 0 amide bonds. The first-order chi connectivity index (χ1) is 8.15. The van der Waals surface area contributed by atoms with E-state index in [1.54, 1.807) is 18.2 Å². The lowest BCUT2D eigenvalue weighted by atomic mass is 10.1. The number of nitrogens with two attached hydrogens (primary N) is 1. The van der Waals surface area contributed by atoms with Crippen molar-refractivity contribution in [3.8, 4) is 5.75 Å². The van der Waals surface area contributed by atoms with Crippen molar-refractivity contribution in [1.82, 2.24) is 0 Å². The molecule has 2 atom stereocenters. The first kappa shape index (κ1) is 11.7. The van der Waals surface area contributed by atoms with Crippen LogP contribution in [-0.4, -0.2) is 31.8 Å². The molecule has 5 heteroatoms. The summed E-state index contributed by atoms with van der Waals surface area (Å²) in [5.41, 5.74) is 6.91. The van der Waals surface area contributed by atoms with E-state index in [1.165, 1.54) is 7.11 Å². The topological polar surface area (TPSA) is 73.6 Å². The van der Waals surface area contributed by atoms with Gasteiger partial charge in [0.25, 0.3) is 0 Å². The van der Waals surface area contributed by atoms with Crippen LogP contribution in [0.25, 0.3) is 0 Å². The van der Waals surface area contributed by atoms with Crippen molar-refractivity contribution in [3.05, 3.63) is 23.8 Å². The Morgan fingerprint density at radius 3 is 3.00 bits per heavy atom. The molecule has 1 aliphatic rings. The molecular formula is C12H16N2O3. The fraction of sp³-hybridized carbons (Fsp3) is 0.417. The Morgan fingerprint density at radius 1 is 1.59 bits per heavy atom. The van der Waals surface area contributed by atoms with Gasteiger partial charge in [-0.25, -0.2) is 4.79 Å². The molecule has 0 bridgehead atoms. The van der Waals surface area contributed by atoms with E-state index < -0.39 is 0 Å². The van der Waals surface area contributed by atoms with E-state index >= 15 is 0 Å². The number of carbonyl (C=O) groups excluding carboxylic acids is 1. The second-order valence-corrected chi connectivity index (χ2v) is 4.03. The number of hydrogen-bond donors (Lipinski definition) is 2. The Morgan fingerprint density at radius 2 is 2.35 bits per heavy atom. The predicted octanol–water partition coefficient (Wildman–Crippen LogP) is 0.993. The van der Waals surface area contributed by atoms with Gasteiger partial charge in [0, 0.05) is 6.54 Å². The maximum Gasteiger partial charge on any atom is 0.337 e. The van der Waals surface area contributed by atoms with Gasteiger partial charge in [-0.05, 0) is 25.1 Å². The summed E-state index contributed by atoms with van der Waals surface area (Å²) in [4.78, 5) is 11.4. The average molecular weight is 236 g/mol. The number of ether oxygens (including phenoxy) is 2. The number of anilines is 1. The van der Waals surface area contributed by atoms with Crippen LogP contribution in [0.3, 0.4) is 0 Å². The Hall–Kier alpha value is -1.75. The molecule has 2 unspecified atom stereocenters. The number of nitrogens with one attached hydrogen (secondary N) is 1. The summed E-state index contributed by atoms with van der Waals surface area (Å²) in [5, 5.41) is 3.27. The van der Waals surface area contributed by atoms with E-state index in [2.05, 4.69) is 10.1 Å². The van der Waals surface area contributed by atoms with Crippen LogP contribution in [0.4, 0.5) is 5.69 Å². The Balaban J connectivity index is 2.29. The normalized spacial score (nSPS) is 22.1. The molecule has 1 aliphatic heterocycles. The third-order valence-corrected chi connectivity index (χ3v) is 2.85. The maximum absolute atomic E-state index is 11.4. The summed E-state index contributed by atoms with van der Waals surface area (Å²) in [7, 11) is 1.36. The first-order valence-corrected chi connectivity index (χ1v) is 5.51. The van der Waals surface area contributed by atoms with Crippen molar-refractivity contribution in [2.75, 3.05) is 19.0 Å². The molecule has 5 nitrogen and oxygen atoms in total. The van der Waals surface area contributed by atoms with E-state index in [1.807, 2.05) is 6.92 Å². The number of benzene rings is 1. The molecule has 0 radical (unpaired) electrons. The number of rotatable bonds is 2. The lowest BCUT2D eigenvalue weighted by molar-refractivity contribution is 0.0600. The van der Waals surface area contributed by atoms with Crippen LogP contribution in [0, 0.1) is 0 Å². The SMILES string of the molecule is COC(=O)c1ccc2c(c1)NC(C)C(CN)O2. The highest BCUT2D eigenvalue weighted by Crippen LogP contribution is 2.32. The predicted molar refractivity (Wildman–Crippen MR) is 64.3 cm³/mol. The highest BCUT2D eigenvalue weighted by Gasteiger charge is 2.25. The number of hydrogen-bond acceptors (Lipinski definition) is 5. The zero-order valence-electron chi connectivity index (χ0n) is 9.90. The minimum absolute atomic E-state index is 0.0496. The van der Waals surface area contributed by atoms with Gasteiger partial charge in [0.1, 0.15) is 11.9 Å². The van der Waals surface area contributed by atoms with Crippen LogP contribution < -0.4 is 15.8 Å². The van der Waals surface area contributed by atoms with Crippen molar-refractivity contribution in [2.24, 2.45) is 5.73 Å². The van der Waals surface area contributed by atoms with Crippen molar-refractivity contribution >= 4 is 11.7 Å². The molecule has 0 saturated carbocycles. The summed E-state index contributed by atoms with van der Waals surface area (Å²) >= 11 is 0. The van der Waals surface area contributed by atoms with Crippen LogP contribution >= 0.6 is 0 Å². The summed E-state index contributed by atoms with van der Waals surface area (Å²) in [6.45, 7) is 2.44. The van der Waals surface area contributed by atoms with Gasteiger partial charge in [-0.3, -0.25) is 0 Å². The van der Waals surface area contributed by atoms with E-state index in [0.29, 0.717) is 17.9 Å². The Kier molecular flexibility index (Phi) is 3.19. The van der Waals surface area contributed by atoms with Crippen LogP contribution in [0.2, 0.25) is 0 Å². The largest absolute Gasteiger partial charge is 0.485 e. The van der Waals surface area contributed by atoms with Crippen molar-refractivity contribution < 1.29 is 14.3 Å². The summed E-state index contributed by atoms with van der Waals surface area (Å²) in [5.74, 6) is 0.356. The zero-order chi connectivity index (χ0) is 12.4. The summed E-state index contributed by atoms with van der Waals surface area (Å²) in [6.07, 6.45) is -0.0496. The molecule has 0 spiro atoms. The smallest absolute Gasteiger partial charge is 0.337 e. The standard InChI is InChI=1S/C12H16N2O3/c1-7-11(6-13)17-10-4-3-8(12(15)16-2)5-9(10)14-7/h3-5,7,11,14H,6,13H2,1-2H3. The molecule has 0 fully saturated rings. The summed E-state index contributed by atoms with van der Waals surface area (Å²) in [6, 6.07) is 5.27. The zero-order valence-corrected chi connectivity index (χ0v) is 9.90. The highest BCUT2D eigenvalue weighted by molar-refractivity contribution is 5.91. The van der Waals surface area contributed by atoms with Crippen molar-refractivity contribution in [1.29, 1.82) is 0 Å². The van der Waals surface area contributed by atoms with Crippen LogP contribution in [0.15, 0.2) is 18.2 Å². The molecule has 0 saturated heterocycles. The molecule has 0 aromatic heterocycles. The third kappa shape index (κ3) is 2.19. The fourth-order valence-corrected chi connectivity index (χ4v) is 1.85. The molecule has 92 valence electrons. The van der Waals surface area contributed by atoms with Gasteiger partial charge < -0.3 is 20.5 Å². The quantitative estimate of drug-likeness (QED) is 0.749. The molecule has 2 rings (SSSR count). The van der Waals surface area contributed by atoms with Gasteiger partial charge in [0.15, 0.2) is 0 Å². The number of carbonyl (C=O) groups is 1. The molecule has 3 N–H and O–H groups in total. The lowest BCUT2D eigenvalue weighted by Gasteiger charge is -2.32. The van der Waals surface area contributed by atoms with Gasteiger partial charge in [-0.2, -0.15) is 0 Å². The van der Waals surface area contributed by atoms with Crippen LogP contribution in [0.1, 0.15) is 17.3 Å². The molecule has 1 heterocycles. The first-order valence-electron chi connectivity index (χ1n) is 5.51. The molecule has 1 aromatic rings. The van der Waals surface area contributed by atoms with Crippen LogP contribution in [0.5, 0.6) is 5.75 Å². The van der Waals surface area contributed by atoms with E-state index in [0.717, 1.165) is 5.69 Å². The van der Waals surface area contributed by atoms with Gasteiger partial charge in [-0.1, -0.05) is 0 Å². The Bertz CT molecular complexity index is 434. The molecule has 17 heavy (non-hydrogen) atoms. The van der Waals surface area contributed by atoms with Gasteiger partial charge >= 0.3 is 5.97 Å². The minimum Gasteiger partial charge on any atom is -0.485 e. The fourth-order valence-electron chi connectivity index (χ4n) is 1.85. The van der Waals surface area contributed by atoms with Crippen molar-refractivity contribution in [2.45, 2.75) is 19.1 Å². The van der Waals surface area contributed by atoms with E-state index in [4.69, 9.17) is 10.5 Å².